The molecule has 0 aromatic heterocycles. The number of rotatable bonds is 10. The van der Waals surface area contributed by atoms with Crippen LogP contribution in [-0.4, -0.2) is 18.7 Å². The van der Waals surface area contributed by atoms with E-state index in [9.17, 15) is 13.6 Å². The number of carbonyl (C=O) groups excluding carboxylic acids is 1. The minimum Gasteiger partial charge on any atom is -0.423 e. The van der Waals surface area contributed by atoms with E-state index in [1.54, 1.807) is 6.07 Å². The van der Waals surface area contributed by atoms with Crippen molar-refractivity contribution in [3.63, 3.8) is 0 Å². The van der Waals surface area contributed by atoms with Crippen molar-refractivity contribution in [2.75, 3.05) is 6.61 Å². The van der Waals surface area contributed by atoms with E-state index in [1.165, 1.54) is 32.1 Å². The molecular formula is C22H29F2NO3. The van der Waals surface area contributed by atoms with Crippen LogP contribution in [-0.2, 0) is 9.53 Å². The van der Waals surface area contributed by atoms with Gasteiger partial charge < -0.3 is 9.47 Å². The molecule has 1 aliphatic carbocycles. The molecule has 0 radical (unpaired) electrons. The SMILES string of the molecule is CCCCCCCCO[C@H]1CC[C@H](C(=O)Oc2ccc(C#N)c(F)c2F)CC1. The Bertz CT molecular complexity index is 679. The van der Waals surface area contributed by atoms with E-state index in [2.05, 4.69) is 6.92 Å². The number of carbonyl (C=O) groups is 1. The molecule has 0 saturated heterocycles. The summed E-state index contributed by atoms with van der Waals surface area (Å²) in [5, 5.41) is 8.69. The number of hydrogen-bond acceptors (Lipinski definition) is 4. The Morgan fingerprint density at radius 1 is 1.07 bits per heavy atom. The quantitative estimate of drug-likeness (QED) is 0.292. The highest BCUT2D eigenvalue weighted by molar-refractivity contribution is 5.75. The van der Waals surface area contributed by atoms with Gasteiger partial charge in [-0.1, -0.05) is 39.0 Å². The van der Waals surface area contributed by atoms with Gasteiger partial charge in [-0.15, -0.1) is 0 Å². The molecule has 2 rings (SSSR count). The molecule has 1 aromatic carbocycles. The summed E-state index contributed by atoms with van der Waals surface area (Å²) in [5.74, 6) is -3.96. The zero-order valence-electron chi connectivity index (χ0n) is 16.5. The summed E-state index contributed by atoms with van der Waals surface area (Å²) < 4.78 is 38.5. The molecule has 0 amide bonds. The smallest absolute Gasteiger partial charge is 0.314 e. The second-order valence-electron chi connectivity index (χ2n) is 7.38. The number of nitriles is 1. The summed E-state index contributed by atoms with van der Waals surface area (Å²) in [6.07, 6.45) is 10.2. The van der Waals surface area contributed by atoms with Crippen LogP contribution in [0.1, 0.15) is 76.7 Å². The summed E-state index contributed by atoms with van der Waals surface area (Å²) in [7, 11) is 0. The maximum absolute atomic E-state index is 13.9. The summed E-state index contributed by atoms with van der Waals surface area (Å²) in [6, 6.07) is 3.77. The van der Waals surface area contributed by atoms with Crippen LogP contribution in [0.4, 0.5) is 8.78 Å². The van der Waals surface area contributed by atoms with Crippen LogP contribution in [0.25, 0.3) is 0 Å². The van der Waals surface area contributed by atoms with Crippen LogP contribution in [0, 0.1) is 28.9 Å². The molecule has 1 fully saturated rings. The number of hydrogen-bond donors (Lipinski definition) is 0. The first kappa shape index (κ1) is 22.3. The maximum Gasteiger partial charge on any atom is 0.314 e. The van der Waals surface area contributed by atoms with Crippen LogP contribution < -0.4 is 4.74 Å². The third-order valence-electron chi connectivity index (χ3n) is 5.24. The summed E-state index contributed by atoms with van der Waals surface area (Å²) >= 11 is 0. The lowest BCUT2D eigenvalue weighted by atomic mass is 9.87. The van der Waals surface area contributed by atoms with Gasteiger partial charge in [-0.05, 0) is 44.2 Å². The van der Waals surface area contributed by atoms with Crippen molar-refractivity contribution in [1.82, 2.24) is 0 Å². The van der Waals surface area contributed by atoms with Crippen molar-refractivity contribution >= 4 is 5.97 Å². The molecule has 154 valence electrons. The van der Waals surface area contributed by atoms with Crippen molar-refractivity contribution in [3.8, 4) is 11.8 Å². The predicted molar refractivity (Wildman–Crippen MR) is 102 cm³/mol. The molecular weight excluding hydrogens is 364 g/mol. The van der Waals surface area contributed by atoms with Crippen LogP contribution in [0.2, 0.25) is 0 Å². The van der Waals surface area contributed by atoms with Gasteiger partial charge in [-0.25, -0.2) is 4.39 Å². The van der Waals surface area contributed by atoms with Gasteiger partial charge in [0.2, 0.25) is 5.82 Å². The summed E-state index contributed by atoms with van der Waals surface area (Å²) in [5.41, 5.74) is -0.416. The predicted octanol–water partition coefficient (Wildman–Crippen LogP) is 5.68. The molecule has 0 heterocycles. The summed E-state index contributed by atoms with van der Waals surface area (Å²) in [6.45, 7) is 2.95. The number of nitrogens with zero attached hydrogens (tertiary/aromatic N) is 1. The molecule has 4 nitrogen and oxygen atoms in total. The second-order valence-corrected chi connectivity index (χ2v) is 7.38. The molecule has 0 unspecified atom stereocenters. The fourth-order valence-corrected chi connectivity index (χ4v) is 3.49. The van der Waals surface area contributed by atoms with Gasteiger partial charge in [0.15, 0.2) is 11.6 Å². The zero-order valence-corrected chi connectivity index (χ0v) is 16.5. The highest BCUT2D eigenvalue weighted by Gasteiger charge is 2.29. The average molecular weight is 393 g/mol. The second kappa shape index (κ2) is 11.8. The van der Waals surface area contributed by atoms with Crippen molar-refractivity contribution in [3.05, 3.63) is 29.3 Å². The normalized spacial score (nSPS) is 19.2. The minimum atomic E-state index is -1.30. The Kier molecular flexibility index (Phi) is 9.36. The fraction of sp³-hybridized carbons (Fsp3) is 0.636. The summed E-state index contributed by atoms with van der Waals surface area (Å²) in [4.78, 5) is 12.3. The fourth-order valence-electron chi connectivity index (χ4n) is 3.49. The lowest BCUT2D eigenvalue weighted by Crippen LogP contribution is -2.29. The average Bonchev–Trinajstić information content (AvgIpc) is 2.71. The zero-order chi connectivity index (χ0) is 20.4. The standard InChI is InChI=1S/C22H29F2NO3/c1-2-3-4-5-6-7-14-27-18-11-8-16(9-12-18)22(26)28-19-13-10-17(15-25)20(23)21(19)24/h10,13,16,18H,2-9,11-12,14H2,1H3/t16-,18-. The number of benzene rings is 1. The van der Waals surface area contributed by atoms with Crippen molar-refractivity contribution < 1.29 is 23.0 Å². The van der Waals surface area contributed by atoms with Gasteiger partial charge in [-0.3, -0.25) is 4.79 Å². The van der Waals surface area contributed by atoms with Gasteiger partial charge in [0.05, 0.1) is 17.6 Å². The van der Waals surface area contributed by atoms with Gasteiger partial charge in [0, 0.05) is 6.61 Å². The van der Waals surface area contributed by atoms with Gasteiger partial charge in [-0.2, -0.15) is 9.65 Å². The largest absolute Gasteiger partial charge is 0.423 e. The molecule has 6 heteroatoms. The molecule has 0 N–H and O–H groups in total. The molecule has 0 bridgehead atoms. The lowest BCUT2D eigenvalue weighted by molar-refractivity contribution is -0.141. The van der Waals surface area contributed by atoms with Gasteiger partial charge >= 0.3 is 5.97 Å². The third-order valence-corrected chi connectivity index (χ3v) is 5.24. The highest BCUT2D eigenvalue weighted by Crippen LogP contribution is 2.29. The molecule has 1 aliphatic rings. The number of ether oxygens (including phenoxy) is 2. The molecule has 0 spiro atoms. The molecule has 0 atom stereocenters. The molecule has 0 aliphatic heterocycles. The number of unbranched alkanes of at least 4 members (excludes halogenated alkanes) is 5. The highest BCUT2D eigenvalue weighted by atomic mass is 19.2. The topological polar surface area (TPSA) is 59.3 Å². The monoisotopic (exact) mass is 393 g/mol. The van der Waals surface area contributed by atoms with E-state index >= 15 is 0 Å². The van der Waals surface area contributed by atoms with Crippen LogP contribution in [0.15, 0.2) is 12.1 Å². The maximum atomic E-state index is 13.9. The number of esters is 1. The van der Waals surface area contributed by atoms with Gasteiger partial charge in [0.1, 0.15) is 6.07 Å². The van der Waals surface area contributed by atoms with Crippen LogP contribution >= 0.6 is 0 Å². The van der Waals surface area contributed by atoms with E-state index < -0.39 is 28.9 Å². The Hall–Kier alpha value is -2.00. The Morgan fingerprint density at radius 3 is 2.43 bits per heavy atom. The number of halogens is 2. The molecule has 1 saturated carbocycles. The van der Waals surface area contributed by atoms with Crippen LogP contribution in [0.5, 0.6) is 5.75 Å². The van der Waals surface area contributed by atoms with Crippen LogP contribution in [0.3, 0.4) is 0 Å². The Balaban J connectivity index is 1.70. The van der Waals surface area contributed by atoms with Gasteiger partial charge in [0.25, 0.3) is 0 Å². The minimum absolute atomic E-state index is 0.156. The first-order chi connectivity index (χ1) is 13.6. The van der Waals surface area contributed by atoms with E-state index in [4.69, 9.17) is 14.7 Å². The third kappa shape index (κ3) is 6.56. The van der Waals surface area contributed by atoms with E-state index in [0.29, 0.717) is 12.8 Å². The Morgan fingerprint density at radius 2 is 1.75 bits per heavy atom. The first-order valence-corrected chi connectivity index (χ1v) is 10.3. The Labute approximate surface area is 165 Å². The first-order valence-electron chi connectivity index (χ1n) is 10.3. The van der Waals surface area contributed by atoms with E-state index in [1.807, 2.05) is 0 Å². The van der Waals surface area contributed by atoms with E-state index in [0.717, 1.165) is 38.0 Å². The van der Waals surface area contributed by atoms with Crippen molar-refractivity contribution in [2.45, 2.75) is 77.2 Å². The molecule has 28 heavy (non-hydrogen) atoms. The molecule has 1 aromatic rings. The lowest BCUT2D eigenvalue weighted by Gasteiger charge is -2.27. The van der Waals surface area contributed by atoms with Crippen molar-refractivity contribution in [2.24, 2.45) is 5.92 Å². The van der Waals surface area contributed by atoms with Crippen molar-refractivity contribution in [1.29, 1.82) is 5.26 Å². The van der Waals surface area contributed by atoms with E-state index in [-0.39, 0.29) is 12.0 Å².